The highest BCUT2D eigenvalue weighted by atomic mass is 19.4. The Morgan fingerprint density at radius 2 is 1.58 bits per heavy atom. The van der Waals surface area contributed by atoms with E-state index in [0.717, 1.165) is 7.11 Å². The van der Waals surface area contributed by atoms with Crippen molar-refractivity contribution in [3.05, 3.63) is 76.6 Å². The van der Waals surface area contributed by atoms with Crippen molar-refractivity contribution in [2.75, 3.05) is 7.11 Å². The van der Waals surface area contributed by atoms with Crippen LogP contribution in [-0.2, 0) is 27.5 Å². The number of carbonyl (C=O) groups excluding carboxylic acids is 1. The molecule has 14 heteroatoms. The second-order valence-corrected chi connectivity index (χ2v) is 7.81. The molecule has 0 radical (unpaired) electrons. The average molecular weight is 524 g/mol. The average Bonchev–Trinajstić information content (AvgIpc) is 3.44. The number of ether oxygens (including phenoxy) is 1. The van der Waals surface area contributed by atoms with Gasteiger partial charge in [-0.15, -0.1) is 0 Å². The molecular formula is C22H13F9N2O3. The molecule has 2 aromatic heterocycles. The number of carbonyl (C=O) groups is 1. The maximum Gasteiger partial charge on any atom is 0.435 e. The van der Waals surface area contributed by atoms with E-state index in [1.165, 1.54) is 34.9 Å². The normalized spacial score (nSPS) is 18.8. The number of hydrogen-bond donors (Lipinski definition) is 0. The summed E-state index contributed by atoms with van der Waals surface area (Å²) in [6.45, 7) is 0. The smallest absolute Gasteiger partial charge is 0.435 e. The van der Waals surface area contributed by atoms with Crippen LogP contribution in [0.25, 0.3) is 5.52 Å². The minimum Gasteiger partial charge on any atom is -0.465 e. The predicted molar refractivity (Wildman–Crippen MR) is 105 cm³/mol. The third-order valence-electron chi connectivity index (χ3n) is 5.63. The third kappa shape index (κ3) is 4.13. The van der Waals surface area contributed by atoms with E-state index in [1.54, 1.807) is 0 Å². The Hall–Kier alpha value is -3.71. The van der Waals surface area contributed by atoms with Gasteiger partial charge in [-0.1, -0.05) is 5.16 Å². The molecule has 192 valence electrons. The van der Waals surface area contributed by atoms with Gasteiger partial charge in [0, 0.05) is 11.8 Å². The van der Waals surface area contributed by atoms with Gasteiger partial charge in [-0.2, -0.15) is 39.5 Å². The lowest BCUT2D eigenvalue weighted by Crippen LogP contribution is -2.43. The van der Waals surface area contributed by atoms with Crippen molar-refractivity contribution in [3.63, 3.8) is 0 Å². The molecule has 0 bridgehead atoms. The van der Waals surface area contributed by atoms with E-state index in [0.29, 0.717) is 0 Å². The molecule has 0 amide bonds. The zero-order chi connectivity index (χ0) is 26.7. The van der Waals surface area contributed by atoms with Crippen LogP contribution in [0.3, 0.4) is 0 Å². The number of pyridine rings is 1. The first kappa shape index (κ1) is 25.4. The number of esters is 1. The van der Waals surface area contributed by atoms with E-state index in [-0.39, 0.29) is 35.0 Å². The molecular weight excluding hydrogens is 511 g/mol. The summed E-state index contributed by atoms with van der Waals surface area (Å²) in [5.74, 6) is -0.747. The van der Waals surface area contributed by atoms with E-state index in [2.05, 4.69) is 14.7 Å². The number of alkyl halides is 9. The number of hydrogen-bond acceptors (Lipinski definition) is 4. The van der Waals surface area contributed by atoms with Gasteiger partial charge in [0.05, 0.1) is 41.4 Å². The first-order valence-corrected chi connectivity index (χ1v) is 9.89. The van der Waals surface area contributed by atoms with E-state index >= 15 is 0 Å². The standard InChI is InChI=1S/C22H13F9N2O3/c1-35-18(34)14-4-5-17(33-6-2-3-16(14)33)15-10-19(36-32-15,22(29,30)31)11-7-12(20(23,24)25)9-13(8-11)21(26,27)28/h2-9H,10H2,1H3. The van der Waals surface area contributed by atoms with Gasteiger partial charge in [0.15, 0.2) is 0 Å². The van der Waals surface area contributed by atoms with Crippen LogP contribution in [0.15, 0.2) is 53.8 Å². The molecule has 3 heterocycles. The molecule has 1 unspecified atom stereocenters. The quantitative estimate of drug-likeness (QED) is 0.297. The number of fused-ring (bicyclic) bond motifs is 1. The third-order valence-corrected chi connectivity index (χ3v) is 5.63. The Kier molecular flexibility index (Phi) is 5.76. The van der Waals surface area contributed by atoms with Gasteiger partial charge in [0.25, 0.3) is 5.60 Å². The van der Waals surface area contributed by atoms with Crippen LogP contribution in [0.1, 0.15) is 39.2 Å². The Labute approximate surface area is 195 Å². The first-order valence-electron chi connectivity index (χ1n) is 9.89. The topological polar surface area (TPSA) is 52.3 Å². The number of nitrogens with zero attached hydrogens (tertiary/aromatic N) is 2. The monoisotopic (exact) mass is 524 g/mol. The molecule has 36 heavy (non-hydrogen) atoms. The number of halogens is 9. The van der Waals surface area contributed by atoms with E-state index in [1.807, 2.05) is 0 Å². The highest BCUT2D eigenvalue weighted by Gasteiger charge is 2.63. The molecule has 3 aromatic rings. The molecule has 1 aliphatic rings. The summed E-state index contributed by atoms with van der Waals surface area (Å²) >= 11 is 0. The minimum atomic E-state index is -5.47. The highest BCUT2D eigenvalue weighted by Crippen LogP contribution is 2.51. The van der Waals surface area contributed by atoms with Crippen LogP contribution in [0.5, 0.6) is 0 Å². The van der Waals surface area contributed by atoms with Crippen LogP contribution >= 0.6 is 0 Å². The maximum absolute atomic E-state index is 14.3. The van der Waals surface area contributed by atoms with Crippen LogP contribution in [0.2, 0.25) is 0 Å². The van der Waals surface area contributed by atoms with Gasteiger partial charge < -0.3 is 14.0 Å². The number of rotatable bonds is 3. The Morgan fingerprint density at radius 3 is 2.11 bits per heavy atom. The van der Waals surface area contributed by atoms with Gasteiger partial charge in [0.2, 0.25) is 0 Å². The van der Waals surface area contributed by atoms with Crippen molar-refractivity contribution in [1.29, 1.82) is 0 Å². The van der Waals surface area contributed by atoms with Crippen LogP contribution < -0.4 is 0 Å². The number of methoxy groups -OCH3 is 1. The van der Waals surface area contributed by atoms with Gasteiger partial charge >= 0.3 is 24.5 Å². The lowest BCUT2D eigenvalue weighted by Gasteiger charge is -2.30. The molecule has 0 saturated heterocycles. The molecule has 0 spiro atoms. The molecule has 1 aromatic carbocycles. The maximum atomic E-state index is 14.3. The summed E-state index contributed by atoms with van der Waals surface area (Å²) in [7, 11) is 1.12. The van der Waals surface area contributed by atoms with Crippen molar-refractivity contribution >= 4 is 17.2 Å². The number of oxime groups is 1. The van der Waals surface area contributed by atoms with Crippen molar-refractivity contribution in [3.8, 4) is 0 Å². The molecule has 1 aliphatic heterocycles. The van der Waals surface area contributed by atoms with Crippen LogP contribution in [0, 0.1) is 0 Å². The van der Waals surface area contributed by atoms with Crippen LogP contribution in [0.4, 0.5) is 39.5 Å². The summed E-state index contributed by atoms with van der Waals surface area (Å²) in [5.41, 5.74) is -9.08. The molecule has 0 fully saturated rings. The second kappa shape index (κ2) is 8.17. The van der Waals surface area contributed by atoms with Gasteiger partial charge in [-0.3, -0.25) is 0 Å². The summed E-state index contributed by atoms with van der Waals surface area (Å²) in [6, 6.07) is 5.01. The van der Waals surface area contributed by atoms with E-state index in [4.69, 9.17) is 0 Å². The lowest BCUT2D eigenvalue weighted by atomic mass is 9.85. The van der Waals surface area contributed by atoms with Crippen molar-refractivity contribution in [2.45, 2.75) is 30.6 Å². The van der Waals surface area contributed by atoms with E-state index in [9.17, 15) is 44.3 Å². The van der Waals surface area contributed by atoms with E-state index < -0.39 is 58.9 Å². The fourth-order valence-corrected chi connectivity index (χ4v) is 3.89. The summed E-state index contributed by atoms with van der Waals surface area (Å²) in [5, 5.41) is 3.41. The van der Waals surface area contributed by atoms with Crippen molar-refractivity contribution in [1.82, 2.24) is 4.40 Å². The zero-order valence-electron chi connectivity index (χ0n) is 17.8. The molecule has 5 nitrogen and oxygen atoms in total. The number of benzene rings is 1. The predicted octanol–water partition coefficient (Wildman–Crippen LogP) is 6.35. The molecule has 0 aliphatic carbocycles. The summed E-state index contributed by atoms with van der Waals surface area (Å²) < 4.78 is 129. The van der Waals surface area contributed by atoms with Crippen LogP contribution in [-0.4, -0.2) is 29.4 Å². The summed E-state index contributed by atoms with van der Waals surface area (Å²) in [6.07, 6.45) is -16.1. The van der Waals surface area contributed by atoms with Crippen molar-refractivity contribution < 1.29 is 53.9 Å². The largest absolute Gasteiger partial charge is 0.465 e. The Balaban J connectivity index is 1.86. The highest BCUT2D eigenvalue weighted by molar-refractivity contribution is 6.03. The Morgan fingerprint density at radius 1 is 0.972 bits per heavy atom. The van der Waals surface area contributed by atoms with Crippen molar-refractivity contribution in [2.24, 2.45) is 5.16 Å². The molecule has 1 atom stereocenters. The molecule has 4 rings (SSSR count). The SMILES string of the molecule is COC(=O)c1ccc(C2=NOC(c3cc(C(F)(F)F)cc(C(F)(F)F)c3)(C(F)(F)F)C2)n2cccc12. The first-order chi connectivity index (χ1) is 16.6. The Bertz CT molecular complexity index is 1340. The van der Waals surface area contributed by atoms with Gasteiger partial charge in [0.1, 0.15) is 5.71 Å². The fraction of sp³-hybridized carbons (Fsp3) is 0.273. The lowest BCUT2D eigenvalue weighted by molar-refractivity contribution is -0.276. The molecule has 0 N–H and O–H groups in total. The minimum absolute atomic E-state index is 0.0307. The number of aromatic nitrogens is 1. The zero-order valence-corrected chi connectivity index (χ0v) is 17.8. The van der Waals surface area contributed by atoms with Gasteiger partial charge in [-0.25, -0.2) is 4.79 Å². The molecule has 0 saturated carbocycles. The fourth-order valence-electron chi connectivity index (χ4n) is 3.89. The second-order valence-electron chi connectivity index (χ2n) is 7.81. The summed E-state index contributed by atoms with van der Waals surface area (Å²) in [4.78, 5) is 16.6. The van der Waals surface area contributed by atoms with Gasteiger partial charge in [-0.05, 0) is 42.5 Å².